The Hall–Kier alpha value is -2.31. The molecule has 0 aliphatic rings. The second-order valence-corrected chi connectivity index (χ2v) is 4.83. The van der Waals surface area contributed by atoms with Crippen LogP contribution in [0, 0.1) is 12.8 Å². The molecule has 0 saturated carbocycles. The van der Waals surface area contributed by atoms with E-state index in [0.717, 1.165) is 23.6 Å². The van der Waals surface area contributed by atoms with Gasteiger partial charge in [-0.1, -0.05) is 12.1 Å². The Labute approximate surface area is 117 Å². The number of amidine groups is 1. The molecule has 0 aliphatic heterocycles. The molecule has 3 N–H and O–H groups in total. The van der Waals surface area contributed by atoms with Gasteiger partial charge in [-0.05, 0) is 19.9 Å². The van der Waals surface area contributed by atoms with E-state index in [1.54, 1.807) is 6.20 Å². The molecule has 0 saturated heterocycles. The molecule has 108 valence electrons. The van der Waals surface area contributed by atoms with Crippen LogP contribution < -0.4 is 10.6 Å². The van der Waals surface area contributed by atoms with Crippen LogP contribution in [0.4, 0.5) is 5.82 Å². The summed E-state index contributed by atoms with van der Waals surface area (Å²) >= 11 is 0. The minimum absolute atomic E-state index is 0.0639. The average molecular weight is 276 g/mol. The summed E-state index contributed by atoms with van der Waals surface area (Å²) in [4.78, 5) is 6.55. The fourth-order valence-corrected chi connectivity index (χ4v) is 2.16. The summed E-state index contributed by atoms with van der Waals surface area (Å²) in [5.74, 6) is 1.01. The Morgan fingerprint density at radius 1 is 1.60 bits per heavy atom. The van der Waals surface area contributed by atoms with Crippen molar-refractivity contribution >= 4 is 17.2 Å². The molecule has 0 fully saturated rings. The molecule has 7 nitrogen and oxygen atoms in total. The molecule has 2 heterocycles. The summed E-state index contributed by atoms with van der Waals surface area (Å²) < 4.78 is 1.81. The average Bonchev–Trinajstić information content (AvgIpc) is 2.83. The smallest absolute Gasteiger partial charge is 0.154 e. The van der Waals surface area contributed by atoms with Crippen molar-refractivity contribution in [1.29, 1.82) is 0 Å². The number of anilines is 1. The molecule has 2 rings (SSSR count). The molecule has 0 aromatic carbocycles. The molecule has 7 heteroatoms. The number of nitrogens with zero attached hydrogens (tertiary/aromatic N) is 5. The number of hydrogen-bond acceptors (Lipinski definition) is 5. The number of aromatic nitrogens is 3. The lowest BCUT2D eigenvalue weighted by atomic mass is 10.1. The van der Waals surface area contributed by atoms with Gasteiger partial charge in [0.1, 0.15) is 11.4 Å². The molecule has 2 aromatic heterocycles. The van der Waals surface area contributed by atoms with Crippen LogP contribution in [0.15, 0.2) is 23.6 Å². The van der Waals surface area contributed by atoms with Crippen molar-refractivity contribution in [3.63, 3.8) is 0 Å². The second-order valence-electron chi connectivity index (χ2n) is 4.83. The van der Waals surface area contributed by atoms with Crippen molar-refractivity contribution in [2.24, 2.45) is 16.8 Å². The van der Waals surface area contributed by atoms with E-state index in [2.05, 4.69) is 20.1 Å². The summed E-state index contributed by atoms with van der Waals surface area (Å²) in [7, 11) is 0. The van der Waals surface area contributed by atoms with Gasteiger partial charge in [0.25, 0.3) is 0 Å². The minimum Gasteiger partial charge on any atom is -0.409 e. The maximum absolute atomic E-state index is 8.75. The van der Waals surface area contributed by atoms with E-state index in [0.29, 0.717) is 6.54 Å². The van der Waals surface area contributed by atoms with E-state index < -0.39 is 0 Å². The third-order valence-corrected chi connectivity index (χ3v) is 3.29. The fraction of sp³-hybridized carbons (Fsp3) is 0.462. The summed E-state index contributed by atoms with van der Waals surface area (Å²) in [6.07, 6.45) is 3.55. The normalized spacial score (nSPS) is 13.7. The van der Waals surface area contributed by atoms with Gasteiger partial charge in [-0.3, -0.25) is 0 Å². The van der Waals surface area contributed by atoms with Crippen LogP contribution in [0.2, 0.25) is 0 Å². The van der Waals surface area contributed by atoms with Crippen molar-refractivity contribution in [3.05, 3.63) is 24.2 Å². The monoisotopic (exact) mass is 276 g/mol. The van der Waals surface area contributed by atoms with Crippen LogP contribution in [-0.4, -0.2) is 38.7 Å². The van der Waals surface area contributed by atoms with E-state index in [4.69, 9.17) is 10.9 Å². The first-order valence-electron chi connectivity index (χ1n) is 6.60. The molecule has 1 atom stereocenters. The van der Waals surface area contributed by atoms with Gasteiger partial charge in [-0.25, -0.2) is 9.50 Å². The summed E-state index contributed by atoms with van der Waals surface area (Å²) in [5, 5.41) is 16.2. The summed E-state index contributed by atoms with van der Waals surface area (Å²) in [6.45, 7) is 7.32. The quantitative estimate of drug-likeness (QED) is 0.371. The van der Waals surface area contributed by atoms with Crippen molar-refractivity contribution in [3.8, 4) is 0 Å². The van der Waals surface area contributed by atoms with E-state index in [-0.39, 0.29) is 11.8 Å². The van der Waals surface area contributed by atoms with Gasteiger partial charge in [0, 0.05) is 31.4 Å². The van der Waals surface area contributed by atoms with E-state index in [1.165, 1.54) is 0 Å². The zero-order valence-electron chi connectivity index (χ0n) is 12.0. The van der Waals surface area contributed by atoms with Gasteiger partial charge < -0.3 is 15.8 Å². The van der Waals surface area contributed by atoms with Crippen molar-refractivity contribution in [2.75, 3.05) is 18.0 Å². The molecule has 0 aliphatic carbocycles. The largest absolute Gasteiger partial charge is 0.409 e. The lowest BCUT2D eigenvalue weighted by Gasteiger charge is -2.25. The molecular formula is C13H20N6O. The van der Waals surface area contributed by atoms with Crippen LogP contribution in [0.5, 0.6) is 0 Å². The van der Waals surface area contributed by atoms with Crippen molar-refractivity contribution in [2.45, 2.75) is 20.8 Å². The van der Waals surface area contributed by atoms with E-state index in [1.807, 2.05) is 37.5 Å². The molecule has 20 heavy (non-hydrogen) atoms. The van der Waals surface area contributed by atoms with Crippen molar-refractivity contribution < 1.29 is 5.21 Å². The Morgan fingerprint density at radius 3 is 3.00 bits per heavy atom. The maximum atomic E-state index is 8.75. The highest BCUT2D eigenvalue weighted by molar-refractivity contribution is 5.82. The van der Waals surface area contributed by atoms with Gasteiger partial charge >= 0.3 is 0 Å². The lowest BCUT2D eigenvalue weighted by Crippen LogP contribution is -2.35. The zero-order valence-corrected chi connectivity index (χ0v) is 12.0. The predicted octanol–water partition coefficient (Wildman–Crippen LogP) is 1.25. The first-order chi connectivity index (χ1) is 9.56. The van der Waals surface area contributed by atoms with Crippen LogP contribution in [0.25, 0.3) is 5.52 Å². The Bertz CT molecular complexity index is 620. The number of aryl methyl sites for hydroxylation is 1. The molecule has 0 radical (unpaired) electrons. The number of hydrogen-bond donors (Lipinski definition) is 2. The molecule has 0 bridgehead atoms. The standard InChI is InChI=1S/C13H20N6O/c1-4-18(8-9(2)12(14)17-20)13-11-7-10(3)16-19(11)6-5-15-13/h5-7,9,20H,4,8H2,1-3H3,(H2,14,17). The van der Waals surface area contributed by atoms with Gasteiger partial charge in [-0.2, -0.15) is 5.10 Å². The van der Waals surface area contributed by atoms with E-state index >= 15 is 0 Å². The van der Waals surface area contributed by atoms with Crippen LogP contribution in [0.3, 0.4) is 0 Å². The second kappa shape index (κ2) is 5.77. The highest BCUT2D eigenvalue weighted by Crippen LogP contribution is 2.20. The summed E-state index contributed by atoms with van der Waals surface area (Å²) in [6, 6.07) is 2.00. The third kappa shape index (κ3) is 2.66. The highest BCUT2D eigenvalue weighted by Gasteiger charge is 2.17. The Kier molecular flexibility index (Phi) is 4.07. The lowest BCUT2D eigenvalue weighted by molar-refractivity contribution is 0.314. The number of oxime groups is 1. The minimum atomic E-state index is -0.0639. The van der Waals surface area contributed by atoms with Crippen molar-refractivity contribution in [1.82, 2.24) is 14.6 Å². The summed E-state index contributed by atoms with van der Waals surface area (Å²) in [5.41, 5.74) is 7.55. The zero-order chi connectivity index (χ0) is 14.7. The predicted molar refractivity (Wildman–Crippen MR) is 78.2 cm³/mol. The molecule has 1 unspecified atom stereocenters. The number of fused-ring (bicyclic) bond motifs is 1. The highest BCUT2D eigenvalue weighted by atomic mass is 16.4. The number of nitrogens with two attached hydrogens (primary N) is 1. The SMILES string of the molecule is CCN(CC(C)/C(N)=N/O)c1nccn2nc(C)cc12. The van der Waals surface area contributed by atoms with Crippen LogP contribution >= 0.6 is 0 Å². The third-order valence-electron chi connectivity index (χ3n) is 3.29. The first kappa shape index (κ1) is 14.1. The fourth-order valence-electron chi connectivity index (χ4n) is 2.16. The Morgan fingerprint density at radius 2 is 2.35 bits per heavy atom. The van der Waals surface area contributed by atoms with Crippen LogP contribution in [0.1, 0.15) is 19.5 Å². The van der Waals surface area contributed by atoms with Crippen LogP contribution in [-0.2, 0) is 0 Å². The topological polar surface area (TPSA) is 92.0 Å². The molecule has 0 amide bonds. The molecular weight excluding hydrogens is 256 g/mol. The molecule has 0 spiro atoms. The first-order valence-corrected chi connectivity index (χ1v) is 6.60. The maximum Gasteiger partial charge on any atom is 0.154 e. The van der Waals surface area contributed by atoms with E-state index in [9.17, 15) is 0 Å². The Balaban J connectivity index is 2.34. The number of rotatable bonds is 5. The molecule has 2 aromatic rings. The van der Waals surface area contributed by atoms with Gasteiger partial charge in [-0.15, -0.1) is 0 Å². The van der Waals surface area contributed by atoms with Gasteiger partial charge in [0.2, 0.25) is 0 Å². The van der Waals surface area contributed by atoms with Gasteiger partial charge in [0.05, 0.1) is 5.69 Å². The van der Waals surface area contributed by atoms with Gasteiger partial charge in [0.15, 0.2) is 5.82 Å².